The van der Waals surface area contributed by atoms with Gasteiger partial charge in [0.15, 0.2) is 0 Å². The number of amides is 1. The summed E-state index contributed by atoms with van der Waals surface area (Å²) in [5.74, 6) is 0.785. The molecule has 0 heterocycles. The minimum atomic E-state index is -0.367. The summed E-state index contributed by atoms with van der Waals surface area (Å²) in [5.41, 5.74) is 2.72. The minimum Gasteiger partial charge on any atom is -0.462 e. The highest BCUT2D eigenvalue weighted by Crippen LogP contribution is 2.22. The molecule has 0 aliphatic rings. The van der Waals surface area contributed by atoms with Gasteiger partial charge >= 0.3 is 5.97 Å². The molecule has 0 saturated heterocycles. The lowest BCUT2D eigenvalue weighted by Gasteiger charge is -2.09. The van der Waals surface area contributed by atoms with Gasteiger partial charge in [-0.3, -0.25) is 4.79 Å². The molecule has 29 heavy (non-hydrogen) atoms. The SMILES string of the molecule is CCCOC(=O)c1ccc(NC(=O)c2ccc(Oc3ccc(C)cc3)cc2)cc1. The van der Waals surface area contributed by atoms with Crippen molar-refractivity contribution in [3.8, 4) is 11.5 Å². The first-order valence-corrected chi connectivity index (χ1v) is 9.48. The van der Waals surface area contributed by atoms with Crippen LogP contribution >= 0.6 is 0 Å². The van der Waals surface area contributed by atoms with E-state index in [0.717, 1.165) is 17.7 Å². The van der Waals surface area contributed by atoms with Crippen molar-refractivity contribution < 1.29 is 19.1 Å². The largest absolute Gasteiger partial charge is 0.462 e. The number of carbonyl (C=O) groups is 2. The summed E-state index contributed by atoms with van der Waals surface area (Å²) >= 11 is 0. The van der Waals surface area contributed by atoms with Gasteiger partial charge in [-0.05, 0) is 74.0 Å². The lowest BCUT2D eigenvalue weighted by molar-refractivity contribution is 0.0505. The number of esters is 1. The van der Waals surface area contributed by atoms with Crippen molar-refractivity contribution in [2.75, 3.05) is 11.9 Å². The van der Waals surface area contributed by atoms with E-state index in [1.165, 1.54) is 0 Å². The first-order chi connectivity index (χ1) is 14.0. The van der Waals surface area contributed by atoms with Gasteiger partial charge in [0.05, 0.1) is 12.2 Å². The maximum absolute atomic E-state index is 12.4. The van der Waals surface area contributed by atoms with E-state index < -0.39 is 0 Å². The molecule has 0 unspecified atom stereocenters. The van der Waals surface area contributed by atoms with Crippen molar-refractivity contribution in [3.63, 3.8) is 0 Å². The van der Waals surface area contributed by atoms with Crippen molar-refractivity contribution in [2.45, 2.75) is 20.3 Å². The van der Waals surface area contributed by atoms with E-state index in [9.17, 15) is 9.59 Å². The number of benzene rings is 3. The lowest BCUT2D eigenvalue weighted by Crippen LogP contribution is -2.12. The van der Waals surface area contributed by atoms with Gasteiger partial charge in [0.1, 0.15) is 11.5 Å². The van der Waals surface area contributed by atoms with Crippen LogP contribution in [0.3, 0.4) is 0 Å². The van der Waals surface area contributed by atoms with E-state index in [4.69, 9.17) is 9.47 Å². The zero-order chi connectivity index (χ0) is 20.6. The summed E-state index contributed by atoms with van der Waals surface area (Å²) in [6.07, 6.45) is 0.773. The van der Waals surface area contributed by atoms with Crippen LogP contribution in [0.2, 0.25) is 0 Å². The fourth-order valence-corrected chi connectivity index (χ4v) is 2.59. The van der Waals surface area contributed by atoms with Gasteiger partial charge in [0.2, 0.25) is 0 Å². The van der Waals surface area contributed by atoms with E-state index in [1.807, 2.05) is 38.1 Å². The molecule has 0 atom stereocenters. The van der Waals surface area contributed by atoms with Crippen LogP contribution < -0.4 is 10.1 Å². The first-order valence-electron chi connectivity index (χ1n) is 9.48. The Hall–Kier alpha value is -3.60. The Labute approximate surface area is 170 Å². The molecule has 0 aliphatic carbocycles. The van der Waals surface area contributed by atoms with Crippen LogP contribution in [0.4, 0.5) is 5.69 Å². The molecular weight excluding hydrogens is 366 g/mol. The highest BCUT2D eigenvalue weighted by atomic mass is 16.5. The Morgan fingerprint density at radius 1 is 0.793 bits per heavy atom. The molecule has 0 aromatic heterocycles. The van der Waals surface area contributed by atoms with Gasteiger partial charge in [0.25, 0.3) is 5.91 Å². The number of carbonyl (C=O) groups excluding carboxylic acids is 2. The monoisotopic (exact) mass is 389 g/mol. The summed E-state index contributed by atoms with van der Waals surface area (Å²) in [7, 11) is 0. The second-order valence-electron chi connectivity index (χ2n) is 6.61. The third-order valence-electron chi connectivity index (χ3n) is 4.19. The van der Waals surface area contributed by atoms with Crippen LogP contribution in [0.25, 0.3) is 0 Å². The van der Waals surface area contributed by atoms with E-state index >= 15 is 0 Å². The normalized spacial score (nSPS) is 10.3. The molecule has 0 fully saturated rings. The van der Waals surface area contributed by atoms with Crippen LogP contribution in [-0.2, 0) is 4.74 Å². The van der Waals surface area contributed by atoms with Crippen molar-refractivity contribution >= 4 is 17.6 Å². The maximum Gasteiger partial charge on any atom is 0.338 e. The summed E-state index contributed by atoms with van der Waals surface area (Å²) < 4.78 is 10.9. The van der Waals surface area contributed by atoms with Crippen LogP contribution in [0, 0.1) is 6.92 Å². The average Bonchev–Trinajstić information content (AvgIpc) is 2.74. The van der Waals surface area contributed by atoms with Gasteiger partial charge in [-0.1, -0.05) is 24.6 Å². The molecular formula is C24H23NO4. The third-order valence-corrected chi connectivity index (χ3v) is 4.19. The Kier molecular flexibility index (Phi) is 6.63. The number of ether oxygens (including phenoxy) is 2. The van der Waals surface area contributed by atoms with Crippen LogP contribution in [0.15, 0.2) is 72.8 Å². The predicted octanol–water partition coefficient (Wildman–Crippen LogP) is 5.61. The Morgan fingerprint density at radius 2 is 1.34 bits per heavy atom. The molecule has 5 nitrogen and oxygen atoms in total. The molecule has 3 aromatic rings. The molecule has 5 heteroatoms. The van der Waals surface area contributed by atoms with Crippen molar-refractivity contribution in [1.29, 1.82) is 0 Å². The van der Waals surface area contributed by atoms with E-state index in [1.54, 1.807) is 48.5 Å². The zero-order valence-corrected chi connectivity index (χ0v) is 16.5. The molecule has 3 aromatic carbocycles. The third kappa shape index (κ3) is 5.69. The molecule has 0 aliphatic heterocycles. The number of anilines is 1. The van der Waals surface area contributed by atoms with E-state index in [2.05, 4.69) is 5.32 Å². The molecule has 1 amide bonds. The number of nitrogens with one attached hydrogen (secondary N) is 1. The van der Waals surface area contributed by atoms with Crippen LogP contribution in [0.1, 0.15) is 39.6 Å². The molecule has 148 valence electrons. The number of rotatable bonds is 7. The standard InChI is InChI=1S/C24H23NO4/c1-3-16-28-24(27)19-6-10-20(11-7-19)25-23(26)18-8-14-22(15-9-18)29-21-12-4-17(2)5-13-21/h4-15H,3,16H2,1-2H3,(H,25,26). The highest BCUT2D eigenvalue weighted by molar-refractivity contribution is 6.04. The van der Waals surface area contributed by atoms with Gasteiger partial charge in [-0.2, -0.15) is 0 Å². The Morgan fingerprint density at radius 3 is 1.93 bits per heavy atom. The van der Waals surface area contributed by atoms with Crippen LogP contribution in [0.5, 0.6) is 11.5 Å². The smallest absolute Gasteiger partial charge is 0.338 e. The van der Waals surface area contributed by atoms with Crippen molar-refractivity contribution in [1.82, 2.24) is 0 Å². The predicted molar refractivity (Wildman–Crippen MR) is 113 cm³/mol. The van der Waals surface area contributed by atoms with Crippen molar-refractivity contribution in [2.24, 2.45) is 0 Å². The Bertz CT molecular complexity index is 961. The first kappa shape index (κ1) is 20.1. The second kappa shape index (κ2) is 9.55. The maximum atomic E-state index is 12.4. The topological polar surface area (TPSA) is 64.6 Å². The molecule has 0 spiro atoms. The summed E-state index contributed by atoms with van der Waals surface area (Å²) in [5, 5.41) is 2.81. The van der Waals surface area contributed by atoms with Gasteiger partial charge in [-0.25, -0.2) is 4.79 Å². The Balaban J connectivity index is 1.59. The minimum absolute atomic E-state index is 0.242. The van der Waals surface area contributed by atoms with Crippen LogP contribution in [-0.4, -0.2) is 18.5 Å². The number of aryl methyl sites for hydroxylation is 1. The molecule has 3 rings (SSSR count). The van der Waals surface area contributed by atoms with E-state index in [-0.39, 0.29) is 11.9 Å². The summed E-state index contributed by atoms with van der Waals surface area (Å²) in [6.45, 7) is 4.34. The number of hydrogen-bond donors (Lipinski definition) is 1. The summed E-state index contributed by atoms with van der Waals surface area (Å²) in [6, 6.07) is 21.3. The fourth-order valence-electron chi connectivity index (χ4n) is 2.59. The highest BCUT2D eigenvalue weighted by Gasteiger charge is 2.09. The van der Waals surface area contributed by atoms with E-state index in [0.29, 0.717) is 29.2 Å². The quantitative estimate of drug-likeness (QED) is 0.534. The van der Waals surface area contributed by atoms with Crippen molar-refractivity contribution in [3.05, 3.63) is 89.5 Å². The lowest BCUT2D eigenvalue weighted by atomic mass is 10.1. The second-order valence-corrected chi connectivity index (χ2v) is 6.61. The van der Waals surface area contributed by atoms with Gasteiger partial charge in [-0.15, -0.1) is 0 Å². The molecule has 0 bridgehead atoms. The molecule has 0 radical (unpaired) electrons. The molecule has 0 saturated carbocycles. The van der Waals surface area contributed by atoms with Gasteiger partial charge in [0, 0.05) is 11.3 Å². The fraction of sp³-hybridized carbons (Fsp3) is 0.167. The molecule has 1 N–H and O–H groups in total. The van der Waals surface area contributed by atoms with Gasteiger partial charge < -0.3 is 14.8 Å². The average molecular weight is 389 g/mol. The summed E-state index contributed by atoms with van der Waals surface area (Å²) in [4.78, 5) is 24.3. The zero-order valence-electron chi connectivity index (χ0n) is 16.5. The number of hydrogen-bond acceptors (Lipinski definition) is 4.